The van der Waals surface area contributed by atoms with Gasteiger partial charge in [0, 0.05) is 38.9 Å². The molecule has 180 valence electrons. The van der Waals surface area contributed by atoms with Crippen LogP contribution in [0.3, 0.4) is 0 Å². The molecule has 4 rings (SSSR count). The number of nitrogens with zero attached hydrogens (tertiary/aromatic N) is 6. The van der Waals surface area contributed by atoms with Gasteiger partial charge in [0.2, 0.25) is 5.91 Å². The summed E-state index contributed by atoms with van der Waals surface area (Å²) in [5.41, 5.74) is 0.582. The molecule has 1 fully saturated rings. The standard InChI is InChI=1S/C23H28N6O4S/c1-5-33-17-10-7-6-9-16(17)25-22-29(15(2)13-34-22)18(30)11-8-12-28-14-24-20-19(28)21(31)27(4)23(32)26(20)3/h6-7,9-10,14-15H,5,8,11-13H2,1-4H3. The Balaban J connectivity index is 1.50. The maximum absolute atomic E-state index is 13.1. The third-order valence-corrected chi connectivity index (χ3v) is 6.95. The highest BCUT2D eigenvalue weighted by molar-refractivity contribution is 8.14. The second-order valence-corrected chi connectivity index (χ2v) is 9.13. The van der Waals surface area contributed by atoms with Crippen molar-refractivity contribution in [1.82, 2.24) is 23.6 Å². The highest BCUT2D eigenvalue weighted by Gasteiger charge is 2.32. The fourth-order valence-corrected chi connectivity index (χ4v) is 5.11. The Labute approximate surface area is 200 Å². The number of amides is 1. The number of hydrogen-bond donors (Lipinski definition) is 0. The lowest BCUT2D eigenvalue weighted by Crippen LogP contribution is -2.38. The highest BCUT2D eigenvalue weighted by Crippen LogP contribution is 2.32. The molecule has 1 amide bonds. The summed E-state index contributed by atoms with van der Waals surface area (Å²) >= 11 is 1.56. The first-order valence-corrected chi connectivity index (χ1v) is 12.2. The second kappa shape index (κ2) is 9.88. The number of benzene rings is 1. The van der Waals surface area contributed by atoms with E-state index in [1.165, 1.54) is 11.6 Å². The predicted molar refractivity (Wildman–Crippen MR) is 133 cm³/mol. The van der Waals surface area contributed by atoms with Crippen LogP contribution < -0.4 is 16.0 Å². The van der Waals surface area contributed by atoms with Crippen LogP contribution in [-0.4, -0.2) is 53.1 Å². The van der Waals surface area contributed by atoms with E-state index in [0.717, 1.165) is 10.3 Å². The minimum atomic E-state index is -0.420. The summed E-state index contributed by atoms with van der Waals surface area (Å²) in [4.78, 5) is 48.6. The van der Waals surface area contributed by atoms with Gasteiger partial charge in [-0.1, -0.05) is 23.9 Å². The number of fused-ring (bicyclic) bond motifs is 1. The molecule has 11 heteroatoms. The van der Waals surface area contributed by atoms with Crippen molar-refractivity contribution in [3.8, 4) is 5.75 Å². The zero-order valence-corrected chi connectivity index (χ0v) is 20.5. The van der Waals surface area contributed by atoms with Gasteiger partial charge in [-0.05, 0) is 32.4 Å². The summed E-state index contributed by atoms with van der Waals surface area (Å²) in [7, 11) is 3.03. The molecule has 0 spiro atoms. The van der Waals surface area contributed by atoms with Gasteiger partial charge in [0.25, 0.3) is 5.56 Å². The lowest BCUT2D eigenvalue weighted by Gasteiger charge is -2.21. The van der Waals surface area contributed by atoms with Gasteiger partial charge in [-0.25, -0.2) is 14.8 Å². The molecule has 0 saturated carbocycles. The average molecular weight is 485 g/mol. The summed E-state index contributed by atoms with van der Waals surface area (Å²) in [5.74, 6) is 1.44. The smallest absolute Gasteiger partial charge is 0.332 e. The molecule has 2 aromatic heterocycles. The second-order valence-electron chi connectivity index (χ2n) is 8.14. The van der Waals surface area contributed by atoms with Crippen LogP contribution in [0.25, 0.3) is 11.2 Å². The van der Waals surface area contributed by atoms with Crippen LogP contribution >= 0.6 is 11.8 Å². The lowest BCUT2D eigenvalue weighted by molar-refractivity contribution is -0.128. The number of ether oxygens (including phenoxy) is 1. The number of thioether (sulfide) groups is 1. The minimum Gasteiger partial charge on any atom is -0.492 e. The normalized spacial score (nSPS) is 17.1. The van der Waals surface area contributed by atoms with E-state index in [4.69, 9.17) is 9.73 Å². The number of aryl methyl sites for hydroxylation is 2. The Kier molecular flexibility index (Phi) is 6.92. The van der Waals surface area contributed by atoms with Crippen molar-refractivity contribution in [2.75, 3.05) is 12.4 Å². The molecule has 3 aromatic rings. The van der Waals surface area contributed by atoms with Crippen LogP contribution in [-0.2, 0) is 25.4 Å². The van der Waals surface area contributed by atoms with E-state index in [1.807, 2.05) is 38.1 Å². The molecule has 10 nitrogen and oxygen atoms in total. The van der Waals surface area contributed by atoms with E-state index in [1.54, 1.807) is 34.6 Å². The number of carbonyl (C=O) groups excluding carboxylic acids is 1. The van der Waals surface area contributed by atoms with Gasteiger partial charge in [-0.3, -0.25) is 23.6 Å². The Bertz CT molecular complexity index is 1370. The monoisotopic (exact) mass is 484 g/mol. The Morgan fingerprint density at radius 2 is 2.00 bits per heavy atom. The maximum Gasteiger partial charge on any atom is 0.332 e. The molecule has 0 aliphatic carbocycles. The maximum atomic E-state index is 13.1. The van der Waals surface area contributed by atoms with Gasteiger partial charge < -0.3 is 9.30 Å². The first-order chi connectivity index (χ1) is 16.3. The van der Waals surface area contributed by atoms with E-state index in [9.17, 15) is 14.4 Å². The SMILES string of the molecule is CCOc1ccccc1N=C1SCC(C)N1C(=O)CCCn1cnc2c1c(=O)n(C)c(=O)n2C. The third kappa shape index (κ3) is 4.39. The first kappa shape index (κ1) is 23.8. The van der Waals surface area contributed by atoms with Gasteiger partial charge in [0.05, 0.1) is 12.9 Å². The van der Waals surface area contributed by atoms with Crippen molar-refractivity contribution in [1.29, 1.82) is 0 Å². The number of para-hydroxylation sites is 2. The number of rotatable bonds is 7. The number of imidazole rings is 1. The molecule has 1 saturated heterocycles. The highest BCUT2D eigenvalue weighted by atomic mass is 32.2. The number of amidine groups is 1. The molecule has 1 aliphatic heterocycles. The molecule has 0 N–H and O–H groups in total. The van der Waals surface area contributed by atoms with Crippen LogP contribution in [0.5, 0.6) is 5.75 Å². The molecule has 0 radical (unpaired) electrons. The average Bonchev–Trinajstić information content (AvgIpc) is 3.41. The molecular weight excluding hydrogens is 456 g/mol. The van der Waals surface area contributed by atoms with Crippen molar-refractivity contribution in [3.05, 3.63) is 51.4 Å². The van der Waals surface area contributed by atoms with E-state index in [-0.39, 0.29) is 11.9 Å². The Morgan fingerprint density at radius 3 is 2.76 bits per heavy atom. The molecule has 1 atom stereocenters. The molecular formula is C23H28N6O4S. The van der Waals surface area contributed by atoms with Gasteiger partial charge in [-0.2, -0.15) is 0 Å². The number of hydrogen-bond acceptors (Lipinski definition) is 7. The molecule has 0 bridgehead atoms. The zero-order chi connectivity index (χ0) is 24.4. The quantitative estimate of drug-likeness (QED) is 0.510. The van der Waals surface area contributed by atoms with Crippen molar-refractivity contribution < 1.29 is 9.53 Å². The lowest BCUT2D eigenvalue weighted by atomic mass is 10.2. The van der Waals surface area contributed by atoms with Gasteiger partial charge in [0.15, 0.2) is 16.3 Å². The first-order valence-electron chi connectivity index (χ1n) is 11.2. The number of aliphatic imine (C=N–C) groups is 1. The molecule has 3 heterocycles. The topological polar surface area (TPSA) is 104 Å². The van der Waals surface area contributed by atoms with E-state index >= 15 is 0 Å². The van der Waals surface area contributed by atoms with Gasteiger partial charge in [0.1, 0.15) is 11.4 Å². The summed E-state index contributed by atoms with van der Waals surface area (Å²) in [6, 6.07) is 7.57. The van der Waals surface area contributed by atoms with E-state index < -0.39 is 11.2 Å². The summed E-state index contributed by atoms with van der Waals surface area (Å²) < 4.78 is 9.79. The fraction of sp³-hybridized carbons (Fsp3) is 0.435. The van der Waals surface area contributed by atoms with Crippen molar-refractivity contribution in [3.63, 3.8) is 0 Å². The van der Waals surface area contributed by atoms with Crippen molar-refractivity contribution in [2.45, 2.75) is 39.3 Å². The fourth-order valence-electron chi connectivity index (χ4n) is 3.98. The Morgan fingerprint density at radius 1 is 1.24 bits per heavy atom. The van der Waals surface area contributed by atoms with Gasteiger partial charge >= 0.3 is 5.69 Å². The molecule has 1 unspecified atom stereocenters. The van der Waals surface area contributed by atoms with Crippen LogP contribution in [0.15, 0.2) is 45.2 Å². The predicted octanol–water partition coefficient (Wildman–Crippen LogP) is 2.26. The summed E-state index contributed by atoms with van der Waals surface area (Å²) in [6.07, 6.45) is 2.36. The number of aromatic nitrogens is 4. The summed E-state index contributed by atoms with van der Waals surface area (Å²) in [5, 5.41) is 0.668. The summed E-state index contributed by atoms with van der Waals surface area (Å²) in [6.45, 7) is 4.90. The minimum absolute atomic E-state index is 0.0186. The Hall–Kier alpha value is -3.34. The number of carbonyl (C=O) groups is 1. The van der Waals surface area contributed by atoms with Crippen LogP contribution in [0, 0.1) is 0 Å². The third-order valence-electron chi connectivity index (χ3n) is 5.76. The molecule has 1 aromatic carbocycles. The van der Waals surface area contributed by atoms with Crippen molar-refractivity contribution in [2.24, 2.45) is 19.1 Å². The van der Waals surface area contributed by atoms with Crippen LogP contribution in [0.1, 0.15) is 26.7 Å². The molecule has 34 heavy (non-hydrogen) atoms. The molecule has 1 aliphatic rings. The van der Waals surface area contributed by atoms with Crippen LogP contribution in [0.4, 0.5) is 5.69 Å². The van der Waals surface area contributed by atoms with E-state index in [2.05, 4.69) is 4.98 Å². The largest absolute Gasteiger partial charge is 0.492 e. The van der Waals surface area contributed by atoms with Crippen molar-refractivity contribution >= 4 is 39.7 Å². The van der Waals surface area contributed by atoms with E-state index in [0.29, 0.717) is 53.8 Å². The van der Waals surface area contributed by atoms with Crippen LogP contribution in [0.2, 0.25) is 0 Å². The zero-order valence-electron chi connectivity index (χ0n) is 19.7. The van der Waals surface area contributed by atoms with Gasteiger partial charge in [-0.15, -0.1) is 0 Å².